The molecule has 0 radical (unpaired) electrons. The number of ether oxygens (including phenoxy) is 2. The molecule has 1 heterocycles. The summed E-state index contributed by atoms with van der Waals surface area (Å²) in [4.78, 5) is 50.6. The number of carbonyl (C=O) groups excluding carboxylic acids is 4. The summed E-state index contributed by atoms with van der Waals surface area (Å²) in [6, 6.07) is 13.3. The molecule has 0 atom stereocenters. The van der Waals surface area contributed by atoms with Crippen LogP contribution in [0.3, 0.4) is 0 Å². The van der Waals surface area contributed by atoms with Gasteiger partial charge in [0.1, 0.15) is 10.8 Å². The Bertz CT molecular complexity index is 1400. The molecule has 0 aliphatic heterocycles. The number of nitrogens with one attached hydrogen (secondary N) is 2. The average Bonchev–Trinajstić information content (AvgIpc) is 3.27. The summed E-state index contributed by atoms with van der Waals surface area (Å²) in [5.41, 5.74) is 4.40. The van der Waals surface area contributed by atoms with Gasteiger partial charge in [-0.25, -0.2) is 15.0 Å². The molecule has 0 spiro atoms. The summed E-state index contributed by atoms with van der Waals surface area (Å²) >= 11 is 4.61. The van der Waals surface area contributed by atoms with Crippen LogP contribution in [-0.2, 0) is 27.2 Å². The molecular weight excluding hydrogens is 574 g/mol. The van der Waals surface area contributed by atoms with Crippen LogP contribution in [0.4, 0.5) is 5.00 Å². The highest BCUT2D eigenvalue weighted by Crippen LogP contribution is 2.38. The molecule has 1 aliphatic carbocycles. The van der Waals surface area contributed by atoms with E-state index in [2.05, 4.69) is 31.8 Å². The fourth-order valence-electron chi connectivity index (χ4n) is 3.85. The molecule has 1 aromatic heterocycles. The minimum Gasteiger partial charge on any atom is -0.462 e. The van der Waals surface area contributed by atoms with Gasteiger partial charge in [-0.2, -0.15) is 5.10 Å². The monoisotopic (exact) mass is 597 g/mol. The quantitative estimate of drug-likeness (QED) is 0.132. The fourth-order valence-corrected chi connectivity index (χ4v) is 5.52. The molecular formula is C27H24BrN3O6S. The minimum absolute atomic E-state index is 0.209. The lowest BCUT2D eigenvalue weighted by Gasteiger charge is -2.12. The van der Waals surface area contributed by atoms with Gasteiger partial charge in [0.25, 0.3) is 0 Å². The number of esters is 2. The standard InChI is InChI=1S/C27H24BrN3O6S/c1-2-36-27(35)22-20-8-3-4-9-21(20)38-25(22)30-23(32)24(33)31-29-15-16-10-12-19(13-11-16)37-26(34)17-6-5-7-18(28)14-17/h5-7,10-15H,2-4,8-9H2,1H3,(H,30,32)(H,31,33)/b29-15+. The van der Waals surface area contributed by atoms with Gasteiger partial charge in [0.15, 0.2) is 0 Å². The van der Waals surface area contributed by atoms with Crippen LogP contribution in [0.25, 0.3) is 0 Å². The van der Waals surface area contributed by atoms with Crippen molar-refractivity contribution in [3.8, 4) is 5.75 Å². The van der Waals surface area contributed by atoms with E-state index in [9.17, 15) is 19.2 Å². The Morgan fingerprint density at radius 2 is 1.79 bits per heavy atom. The van der Waals surface area contributed by atoms with Crippen molar-refractivity contribution < 1.29 is 28.7 Å². The first-order valence-electron chi connectivity index (χ1n) is 11.9. The first-order chi connectivity index (χ1) is 18.4. The molecule has 38 heavy (non-hydrogen) atoms. The highest BCUT2D eigenvalue weighted by atomic mass is 79.9. The third-order valence-corrected chi connectivity index (χ3v) is 7.32. The smallest absolute Gasteiger partial charge is 0.343 e. The van der Waals surface area contributed by atoms with Gasteiger partial charge in [-0.1, -0.05) is 22.0 Å². The summed E-state index contributed by atoms with van der Waals surface area (Å²) in [6.07, 6.45) is 4.86. The third kappa shape index (κ3) is 6.73. The van der Waals surface area contributed by atoms with E-state index in [1.54, 1.807) is 49.4 Å². The number of anilines is 1. The van der Waals surface area contributed by atoms with Crippen LogP contribution in [0.1, 0.15) is 56.5 Å². The van der Waals surface area contributed by atoms with E-state index in [-0.39, 0.29) is 6.61 Å². The Morgan fingerprint density at radius 3 is 2.53 bits per heavy atom. The minimum atomic E-state index is -0.984. The molecule has 0 saturated heterocycles. The van der Waals surface area contributed by atoms with Gasteiger partial charge in [0.2, 0.25) is 0 Å². The molecule has 9 nitrogen and oxygen atoms in total. The summed E-state index contributed by atoms with van der Waals surface area (Å²) in [5.74, 6) is -2.59. The predicted molar refractivity (Wildman–Crippen MR) is 147 cm³/mol. The average molecular weight is 598 g/mol. The first kappa shape index (κ1) is 27.2. The molecule has 3 aromatic rings. The number of carbonyl (C=O) groups is 4. The lowest BCUT2D eigenvalue weighted by atomic mass is 9.95. The molecule has 2 aromatic carbocycles. The second kappa shape index (κ2) is 12.6. The van der Waals surface area contributed by atoms with Crippen molar-refractivity contribution in [1.82, 2.24) is 5.43 Å². The van der Waals surface area contributed by atoms with Crippen LogP contribution < -0.4 is 15.5 Å². The number of halogens is 1. The van der Waals surface area contributed by atoms with Gasteiger partial charge in [-0.05, 0) is 86.2 Å². The van der Waals surface area contributed by atoms with Crippen molar-refractivity contribution in [1.29, 1.82) is 0 Å². The van der Waals surface area contributed by atoms with Gasteiger partial charge in [-0.15, -0.1) is 11.3 Å². The number of hydrogen-bond donors (Lipinski definition) is 2. The van der Waals surface area contributed by atoms with Gasteiger partial charge >= 0.3 is 23.8 Å². The molecule has 4 rings (SSSR count). The molecule has 0 saturated carbocycles. The van der Waals surface area contributed by atoms with E-state index in [4.69, 9.17) is 9.47 Å². The molecule has 2 amide bonds. The van der Waals surface area contributed by atoms with E-state index in [0.29, 0.717) is 27.4 Å². The van der Waals surface area contributed by atoms with Gasteiger partial charge in [0, 0.05) is 9.35 Å². The molecule has 0 fully saturated rings. The van der Waals surface area contributed by atoms with Crippen LogP contribution >= 0.6 is 27.3 Å². The Morgan fingerprint density at radius 1 is 1.03 bits per heavy atom. The molecule has 2 N–H and O–H groups in total. The predicted octanol–water partition coefficient (Wildman–Crippen LogP) is 4.87. The van der Waals surface area contributed by atoms with Crippen molar-refractivity contribution >= 4 is 62.2 Å². The van der Waals surface area contributed by atoms with Crippen molar-refractivity contribution in [2.24, 2.45) is 5.10 Å². The third-order valence-electron chi connectivity index (χ3n) is 5.61. The maximum atomic E-state index is 12.5. The maximum Gasteiger partial charge on any atom is 0.343 e. The number of fused-ring (bicyclic) bond motifs is 1. The Balaban J connectivity index is 1.34. The Kier molecular flexibility index (Phi) is 9.03. The second-order valence-electron chi connectivity index (χ2n) is 8.26. The van der Waals surface area contributed by atoms with Crippen LogP contribution in [0.2, 0.25) is 0 Å². The van der Waals surface area contributed by atoms with Gasteiger partial charge in [0.05, 0.1) is 23.9 Å². The molecule has 0 bridgehead atoms. The molecule has 1 aliphatic rings. The topological polar surface area (TPSA) is 123 Å². The van der Waals surface area contributed by atoms with Crippen molar-refractivity contribution in [3.05, 3.63) is 80.1 Å². The highest BCUT2D eigenvalue weighted by molar-refractivity contribution is 9.10. The number of benzene rings is 2. The zero-order chi connectivity index (χ0) is 27.1. The van der Waals surface area contributed by atoms with Crippen LogP contribution in [-0.4, -0.2) is 36.6 Å². The summed E-state index contributed by atoms with van der Waals surface area (Å²) in [5, 5.41) is 6.67. The van der Waals surface area contributed by atoms with E-state index < -0.39 is 23.8 Å². The number of amides is 2. The lowest BCUT2D eigenvalue weighted by molar-refractivity contribution is -0.136. The van der Waals surface area contributed by atoms with Crippen LogP contribution in [0.5, 0.6) is 5.75 Å². The number of hydrogen-bond acceptors (Lipinski definition) is 8. The van der Waals surface area contributed by atoms with Gasteiger partial charge in [-0.3, -0.25) is 9.59 Å². The Labute approximate surface area is 231 Å². The summed E-state index contributed by atoms with van der Waals surface area (Å²) < 4.78 is 11.3. The van der Waals surface area contributed by atoms with E-state index in [0.717, 1.165) is 40.6 Å². The van der Waals surface area contributed by atoms with Gasteiger partial charge < -0.3 is 14.8 Å². The van der Waals surface area contributed by atoms with Crippen molar-refractivity contribution in [2.45, 2.75) is 32.6 Å². The first-order valence-corrected chi connectivity index (χ1v) is 13.5. The lowest BCUT2D eigenvalue weighted by Crippen LogP contribution is -2.32. The fraction of sp³-hybridized carbons (Fsp3) is 0.222. The molecule has 196 valence electrons. The maximum absolute atomic E-state index is 12.5. The zero-order valence-corrected chi connectivity index (χ0v) is 22.8. The highest BCUT2D eigenvalue weighted by Gasteiger charge is 2.28. The number of thiophene rings is 1. The number of rotatable bonds is 7. The van der Waals surface area contributed by atoms with E-state index in [1.807, 2.05) is 6.07 Å². The largest absolute Gasteiger partial charge is 0.462 e. The molecule has 0 unspecified atom stereocenters. The van der Waals surface area contributed by atoms with Crippen molar-refractivity contribution in [2.75, 3.05) is 11.9 Å². The van der Waals surface area contributed by atoms with Crippen LogP contribution in [0.15, 0.2) is 58.1 Å². The summed E-state index contributed by atoms with van der Waals surface area (Å²) in [7, 11) is 0. The van der Waals surface area contributed by atoms with Crippen LogP contribution in [0, 0.1) is 0 Å². The van der Waals surface area contributed by atoms with E-state index in [1.165, 1.54) is 17.6 Å². The molecule has 11 heteroatoms. The van der Waals surface area contributed by atoms with E-state index >= 15 is 0 Å². The van der Waals surface area contributed by atoms with Crippen molar-refractivity contribution in [3.63, 3.8) is 0 Å². The Hall–Kier alpha value is -3.83. The number of nitrogens with zero attached hydrogens (tertiary/aromatic N) is 1. The zero-order valence-electron chi connectivity index (χ0n) is 20.4. The number of aryl methyl sites for hydroxylation is 1. The summed E-state index contributed by atoms with van der Waals surface area (Å²) in [6.45, 7) is 1.92. The second-order valence-corrected chi connectivity index (χ2v) is 10.3. The SMILES string of the molecule is CCOC(=O)c1c(NC(=O)C(=O)N/N=C/c2ccc(OC(=O)c3cccc(Br)c3)cc2)sc2c1CCCC2. The normalized spacial score (nSPS) is 12.5. The number of hydrazone groups is 1.